The predicted octanol–water partition coefficient (Wildman–Crippen LogP) is 2.83. The maximum absolute atomic E-state index is 9.84. The zero-order chi connectivity index (χ0) is 12.8. The van der Waals surface area contributed by atoms with Gasteiger partial charge in [-0.15, -0.1) is 6.58 Å². The summed E-state index contributed by atoms with van der Waals surface area (Å²) in [5.41, 5.74) is 1.24. The van der Waals surface area contributed by atoms with Gasteiger partial charge in [-0.05, 0) is 37.7 Å². The van der Waals surface area contributed by atoms with E-state index >= 15 is 0 Å². The molecule has 0 fully saturated rings. The lowest BCUT2D eigenvalue weighted by Crippen LogP contribution is -2.19. The monoisotopic (exact) mass is 236 g/mol. The van der Waals surface area contributed by atoms with Gasteiger partial charge >= 0.3 is 0 Å². The van der Waals surface area contributed by atoms with Crippen LogP contribution >= 0.6 is 0 Å². The molecule has 0 aromatic heterocycles. The molecule has 2 nitrogen and oxygen atoms in total. The van der Waals surface area contributed by atoms with Gasteiger partial charge in [0.25, 0.3) is 0 Å². The number of hydrogen-bond donors (Lipinski definition) is 2. The second-order valence-electron chi connectivity index (χ2n) is 5.09. The molecule has 1 aliphatic carbocycles. The van der Waals surface area contributed by atoms with Crippen LogP contribution in [0.3, 0.4) is 0 Å². The highest BCUT2D eigenvalue weighted by Crippen LogP contribution is 2.26. The minimum absolute atomic E-state index is 0.187. The second-order valence-corrected chi connectivity index (χ2v) is 5.09. The highest BCUT2D eigenvalue weighted by atomic mass is 16.3. The van der Waals surface area contributed by atoms with Crippen LogP contribution in [-0.4, -0.2) is 22.4 Å². The van der Waals surface area contributed by atoms with E-state index in [0.717, 1.165) is 6.42 Å². The van der Waals surface area contributed by atoms with Crippen molar-refractivity contribution in [1.82, 2.24) is 0 Å². The molecular formula is C15H24O2. The maximum Gasteiger partial charge on any atom is 0.0573 e. The molecule has 1 rings (SSSR count). The van der Waals surface area contributed by atoms with E-state index < -0.39 is 12.2 Å². The van der Waals surface area contributed by atoms with Crippen LogP contribution in [0.4, 0.5) is 0 Å². The highest BCUT2D eigenvalue weighted by Gasteiger charge is 2.17. The second kappa shape index (κ2) is 6.77. The van der Waals surface area contributed by atoms with Gasteiger partial charge in [-0.2, -0.15) is 0 Å². The topological polar surface area (TPSA) is 40.5 Å². The molecule has 0 bridgehead atoms. The number of allylic oxidation sites excluding steroid dienone is 5. The van der Waals surface area contributed by atoms with Crippen LogP contribution < -0.4 is 0 Å². The third-order valence-corrected chi connectivity index (χ3v) is 3.19. The Morgan fingerprint density at radius 3 is 2.65 bits per heavy atom. The number of aliphatic hydroxyl groups is 2. The van der Waals surface area contributed by atoms with Crippen LogP contribution in [0.2, 0.25) is 0 Å². The Bertz CT molecular complexity index is 302. The normalized spacial score (nSPS) is 24.9. The molecule has 96 valence electrons. The largest absolute Gasteiger partial charge is 0.393 e. The third kappa shape index (κ3) is 4.88. The molecule has 1 aliphatic rings. The lowest BCUT2D eigenvalue weighted by atomic mass is 9.86. The van der Waals surface area contributed by atoms with Gasteiger partial charge in [0.2, 0.25) is 0 Å². The molecule has 4 unspecified atom stereocenters. The molecular weight excluding hydrogens is 212 g/mol. The van der Waals surface area contributed by atoms with Gasteiger partial charge in [0, 0.05) is 5.92 Å². The first-order chi connectivity index (χ1) is 8.02. The summed E-state index contributed by atoms with van der Waals surface area (Å²) in [5.74, 6) is 0.791. The van der Waals surface area contributed by atoms with E-state index in [1.165, 1.54) is 5.57 Å². The first kappa shape index (κ1) is 14.2. The Labute approximate surface area is 104 Å². The van der Waals surface area contributed by atoms with Crippen molar-refractivity contribution in [2.75, 3.05) is 0 Å². The Morgan fingerprint density at radius 1 is 1.47 bits per heavy atom. The number of aliphatic hydroxyl groups excluding tert-OH is 2. The SMILES string of the molecule is C=CC(CC(O)CC(C)O)C1=CCC(C)C=C1. The van der Waals surface area contributed by atoms with Gasteiger partial charge in [-0.25, -0.2) is 0 Å². The van der Waals surface area contributed by atoms with Crippen molar-refractivity contribution >= 4 is 0 Å². The van der Waals surface area contributed by atoms with E-state index in [-0.39, 0.29) is 5.92 Å². The van der Waals surface area contributed by atoms with Gasteiger partial charge in [-0.3, -0.25) is 0 Å². The minimum atomic E-state index is -0.466. The lowest BCUT2D eigenvalue weighted by Gasteiger charge is -2.22. The van der Waals surface area contributed by atoms with Crippen molar-refractivity contribution < 1.29 is 10.2 Å². The Balaban J connectivity index is 2.54. The van der Waals surface area contributed by atoms with Crippen molar-refractivity contribution in [2.45, 2.75) is 45.3 Å². The number of rotatable bonds is 6. The summed E-state index contributed by atoms with van der Waals surface area (Å²) in [5, 5.41) is 19.1. The molecule has 0 radical (unpaired) electrons. The van der Waals surface area contributed by atoms with Crippen LogP contribution in [0, 0.1) is 11.8 Å². The number of hydrogen-bond acceptors (Lipinski definition) is 2. The van der Waals surface area contributed by atoms with E-state index in [1.807, 2.05) is 6.08 Å². The van der Waals surface area contributed by atoms with Crippen molar-refractivity contribution in [2.24, 2.45) is 11.8 Å². The van der Waals surface area contributed by atoms with Crippen molar-refractivity contribution in [1.29, 1.82) is 0 Å². The maximum atomic E-state index is 9.84. The summed E-state index contributed by atoms with van der Waals surface area (Å²) >= 11 is 0. The summed E-state index contributed by atoms with van der Waals surface area (Å²) in [7, 11) is 0. The standard InChI is InChI=1S/C15H24O2/c1-4-13(10-15(17)9-12(3)16)14-7-5-11(2)6-8-14/h4-5,7-8,11-13,15-17H,1,6,9-10H2,2-3H3. The highest BCUT2D eigenvalue weighted by molar-refractivity contribution is 5.28. The molecule has 0 aromatic carbocycles. The van der Waals surface area contributed by atoms with E-state index in [1.54, 1.807) is 6.92 Å². The smallest absolute Gasteiger partial charge is 0.0573 e. The van der Waals surface area contributed by atoms with E-state index in [0.29, 0.717) is 18.8 Å². The van der Waals surface area contributed by atoms with Gasteiger partial charge in [-0.1, -0.05) is 31.2 Å². The summed E-state index contributed by atoms with van der Waals surface area (Å²) in [6, 6.07) is 0. The van der Waals surface area contributed by atoms with E-state index in [9.17, 15) is 10.2 Å². The van der Waals surface area contributed by atoms with E-state index in [4.69, 9.17) is 0 Å². The van der Waals surface area contributed by atoms with Gasteiger partial charge in [0.05, 0.1) is 12.2 Å². The first-order valence-corrected chi connectivity index (χ1v) is 6.39. The molecule has 0 aliphatic heterocycles. The zero-order valence-corrected chi connectivity index (χ0v) is 10.8. The Morgan fingerprint density at radius 2 is 2.18 bits per heavy atom. The lowest BCUT2D eigenvalue weighted by molar-refractivity contribution is 0.0806. The fourth-order valence-corrected chi connectivity index (χ4v) is 2.17. The van der Waals surface area contributed by atoms with Crippen LogP contribution in [0.5, 0.6) is 0 Å². The molecule has 2 heteroatoms. The molecule has 2 N–H and O–H groups in total. The average molecular weight is 236 g/mol. The quantitative estimate of drug-likeness (QED) is 0.696. The molecule has 0 heterocycles. The fraction of sp³-hybridized carbons (Fsp3) is 0.600. The van der Waals surface area contributed by atoms with Gasteiger partial charge < -0.3 is 10.2 Å². The predicted molar refractivity (Wildman–Crippen MR) is 71.6 cm³/mol. The molecule has 0 saturated carbocycles. The Kier molecular flexibility index (Phi) is 5.66. The van der Waals surface area contributed by atoms with Crippen molar-refractivity contribution in [3.8, 4) is 0 Å². The average Bonchev–Trinajstić information content (AvgIpc) is 2.26. The van der Waals surface area contributed by atoms with Crippen LogP contribution in [0.25, 0.3) is 0 Å². The molecule has 0 saturated heterocycles. The summed E-state index contributed by atoms with van der Waals surface area (Å²) in [6.07, 6.45) is 9.66. The van der Waals surface area contributed by atoms with Crippen molar-refractivity contribution in [3.05, 3.63) is 36.5 Å². The molecule has 0 aromatic rings. The van der Waals surface area contributed by atoms with Gasteiger partial charge in [0.15, 0.2) is 0 Å². The molecule has 4 atom stereocenters. The third-order valence-electron chi connectivity index (χ3n) is 3.19. The van der Waals surface area contributed by atoms with Crippen molar-refractivity contribution in [3.63, 3.8) is 0 Å². The molecule has 0 spiro atoms. The summed E-state index contributed by atoms with van der Waals surface area (Å²) in [6.45, 7) is 7.73. The molecule has 0 amide bonds. The van der Waals surface area contributed by atoms with Crippen LogP contribution in [0.1, 0.15) is 33.1 Å². The van der Waals surface area contributed by atoms with E-state index in [2.05, 4.69) is 31.7 Å². The summed E-state index contributed by atoms with van der Waals surface area (Å²) in [4.78, 5) is 0. The summed E-state index contributed by atoms with van der Waals surface area (Å²) < 4.78 is 0. The molecule has 17 heavy (non-hydrogen) atoms. The van der Waals surface area contributed by atoms with Gasteiger partial charge in [0.1, 0.15) is 0 Å². The van der Waals surface area contributed by atoms with Crippen LogP contribution in [0.15, 0.2) is 36.5 Å². The zero-order valence-electron chi connectivity index (χ0n) is 10.8. The fourth-order valence-electron chi connectivity index (χ4n) is 2.17. The minimum Gasteiger partial charge on any atom is -0.393 e. The van der Waals surface area contributed by atoms with Crippen LogP contribution in [-0.2, 0) is 0 Å². The Hall–Kier alpha value is -0.860. The first-order valence-electron chi connectivity index (χ1n) is 6.39.